The lowest BCUT2D eigenvalue weighted by atomic mass is 9.74. The molecule has 1 rings (SSSR count). The SMILES string of the molecule is CC(C)(N)C(C)(C)C(=O)Nc1ccc(C(F)(F)F)cc1Cl. The number of rotatable bonds is 3. The van der Waals surface area contributed by atoms with E-state index in [-0.39, 0.29) is 10.7 Å². The van der Waals surface area contributed by atoms with Crippen LogP contribution < -0.4 is 11.1 Å². The number of benzene rings is 1. The van der Waals surface area contributed by atoms with E-state index in [1.807, 2.05) is 0 Å². The van der Waals surface area contributed by atoms with Gasteiger partial charge in [-0.3, -0.25) is 4.79 Å². The van der Waals surface area contributed by atoms with Gasteiger partial charge in [0.05, 0.1) is 21.7 Å². The van der Waals surface area contributed by atoms with E-state index in [0.717, 1.165) is 18.2 Å². The van der Waals surface area contributed by atoms with E-state index in [2.05, 4.69) is 5.32 Å². The molecule has 1 aromatic carbocycles. The zero-order valence-corrected chi connectivity index (χ0v) is 13.0. The summed E-state index contributed by atoms with van der Waals surface area (Å²) in [6.45, 7) is 6.70. The van der Waals surface area contributed by atoms with E-state index in [1.165, 1.54) is 0 Å². The number of carbonyl (C=O) groups excluding carboxylic acids is 1. The summed E-state index contributed by atoms with van der Waals surface area (Å²) in [5, 5.41) is 2.34. The lowest BCUT2D eigenvalue weighted by Crippen LogP contribution is -2.53. The lowest BCUT2D eigenvalue weighted by molar-refractivity contribution is -0.137. The van der Waals surface area contributed by atoms with Crippen molar-refractivity contribution in [3.05, 3.63) is 28.8 Å². The van der Waals surface area contributed by atoms with E-state index in [9.17, 15) is 18.0 Å². The molecule has 7 heteroatoms. The maximum Gasteiger partial charge on any atom is 0.416 e. The second-order valence-corrected chi connectivity index (χ2v) is 6.40. The molecule has 118 valence electrons. The van der Waals surface area contributed by atoms with Gasteiger partial charge < -0.3 is 11.1 Å². The van der Waals surface area contributed by atoms with Crippen LogP contribution in [-0.2, 0) is 11.0 Å². The molecule has 1 amide bonds. The van der Waals surface area contributed by atoms with Crippen molar-refractivity contribution in [2.75, 3.05) is 5.32 Å². The zero-order valence-electron chi connectivity index (χ0n) is 12.2. The molecule has 0 aliphatic rings. The third-order valence-electron chi connectivity index (χ3n) is 3.72. The number of alkyl halides is 3. The molecular weight excluding hydrogens is 305 g/mol. The molecular formula is C14H18ClF3N2O. The highest BCUT2D eigenvalue weighted by Crippen LogP contribution is 2.35. The predicted molar refractivity (Wildman–Crippen MR) is 77.1 cm³/mol. The van der Waals surface area contributed by atoms with Crippen molar-refractivity contribution < 1.29 is 18.0 Å². The Labute approximate surface area is 126 Å². The van der Waals surface area contributed by atoms with Crippen LogP contribution in [0, 0.1) is 5.41 Å². The second-order valence-electron chi connectivity index (χ2n) is 5.99. The minimum atomic E-state index is -4.48. The summed E-state index contributed by atoms with van der Waals surface area (Å²) in [6, 6.07) is 2.77. The van der Waals surface area contributed by atoms with Gasteiger partial charge in [-0.15, -0.1) is 0 Å². The third kappa shape index (κ3) is 3.89. The smallest absolute Gasteiger partial charge is 0.325 e. The number of hydrogen-bond donors (Lipinski definition) is 2. The topological polar surface area (TPSA) is 55.1 Å². The molecule has 0 aliphatic heterocycles. The first kappa shape index (κ1) is 17.8. The largest absolute Gasteiger partial charge is 0.416 e. The van der Waals surface area contributed by atoms with Crippen molar-refractivity contribution in [3.8, 4) is 0 Å². The molecule has 21 heavy (non-hydrogen) atoms. The summed E-state index contributed by atoms with van der Waals surface area (Å²) in [4.78, 5) is 12.2. The molecule has 0 heterocycles. The quantitative estimate of drug-likeness (QED) is 0.881. The van der Waals surface area contributed by atoms with E-state index in [4.69, 9.17) is 17.3 Å². The van der Waals surface area contributed by atoms with E-state index in [1.54, 1.807) is 27.7 Å². The summed E-state index contributed by atoms with van der Waals surface area (Å²) >= 11 is 5.80. The van der Waals surface area contributed by atoms with Gasteiger partial charge in [0.1, 0.15) is 0 Å². The normalized spacial score (nSPS) is 13.2. The van der Waals surface area contributed by atoms with Crippen molar-refractivity contribution in [1.82, 2.24) is 0 Å². The number of carbonyl (C=O) groups is 1. The second kappa shape index (κ2) is 5.50. The fourth-order valence-corrected chi connectivity index (χ4v) is 1.59. The molecule has 0 fully saturated rings. The van der Waals surface area contributed by atoms with Gasteiger partial charge in [0.25, 0.3) is 0 Å². The first-order valence-corrected chi connectivity index (χ1v) is 6.61. The van der Waals surface area contributed by atoms with Crippen LogP contribution in [0.25, 0.3) is 0 Å². The molecule has 0 atom stereocenters. The Bertz CT molecular complexity index is 548. The molecule has 0 bridgehead atoms. The Morgan fingerprint density at radius 3 is 2.10 bits per heavy atom. The van der Waals surface area contributed by atoms with Crippen LogP contribution in [0.15, 0.2) is 18.2 Å². The van der Waals surface area contributed by atoms with Gasteiger partial charge >= 0.3 is 6.18 Å². The van der Waals surface area contributed by atoms with E-state index < -0.39 is 28.6 Å². The molecule has 0 unspecified atom stereocenters. The van der Waals surface area contributed by atoms with Crippen molar-refractivity contribution in [2.45, 2.75) is 39.4 Å². The van der Waals surface area contributed by atoms with Crippen LogP contribution in [0.1, 0.15) is 33.3 Å². The van der Waals surface area contributed by atoms with Crippen LogP contribution in [0.5, 0.6) is 0 Å². The summed E-state index contributed by atoms with van der Waals surface area (Å²) < 4.78 is 37.6. The molecule has 0 saturated heterocycles. The van der Waals surface area contributed by atoms with E-state index in [0.29, 0.717) is 0 Å². The Kier molecular flexibility index (Phi) is 4.65. The van der Waals surface area contributed by atoms with Gasteiger partial charge in [0.15, 0.2) is 0 Å². The molecule has 0 spiro atoms. The van der Waals surface area contributed by atoms with Crippen molar-refractivity contribution in [2.24, 2.45) is 11.1 Å². The monoisotopic (exact) mass is 322 g/mol. The molecule has 0 saturated carbocycles. The number of hydrogen-bond acceptors (Lipinski definition) is 2. The average molecular weight is 323 g/mol. The lowest BCUT2D eigenvalue weighted by Gasteiger charge is -2.36. The maximum absolute atomic E-state index is 12.5. The minimum absolute atomic E-state index is 0.118. The van der Waals surface area contributed by atoms with Crippen LogP contribution in [0.2, 0.25) is 5.02 Å². The van der Waals surface area contributed by atoms with Crippen molar-refractivity contribution >= 4 is 23.2 Å². The van der Waals surface area contributed by atoms with Crippen LogP contribution in [0.3, 0.4) is 0 Å². The summed E-state index contributed by atoms with van der Waals surface area (Å²) in [5.74, 6) is -0.420. The molecule has 0 aromatic heterocycles. The van der Waals surface area contributed by atoms with E-state index >= 15 is 0 Å². The third-order valence-corrected chi connectivity index (χ3v) is 4.04. The van der Waals surface area contributed by atoms with Gasteiger partial charge in [0.2, 0.25) is 5.91 Å². The summed E-state index contributed by atoms with van der Waals surface area (Å²) in [7, 11) is 0. The molecule has 3 nitrogen and oxygen atoms in total. The number of nitrogens with two attached hydrogens (primary N) is 1. The molecule has 0 aliphatic carbocycles. The molecule has 3 N–H and O–H groups in total. The standard InChI is InChI=1S/C14H18ClF3N2O/c1-12(2,13(3,4)19)11(21)20-10-6-5-8(7-9(10)15)14(16,17)18/h5-7H,19H2,1-4H3,(H,20,21). The summed E-state index contributed by atoms with van der Waals surface area (Å²) in [5.41, 5.74) is 3.45. The molecule has 0 radical (unpaired) electrons. The number of anilines is 1. The fraction of sp³-hybridized carbons (Fsp3) is 0.500. The van der Waals surface area contributed by atoms with Crippen LogP contribution >= 0.6 is 11.6 Å². The first-order chi connectivity index (χ1) is 9.26. The Hall–Kier alpha value is -1.27. The van der Waals surface area contributed by atoms with Crippen LogP contribution in [0.4, 0.5) is 18.9 Å². The maximum atomic E-state index is 12.5. The Morgan fingerprint density at radius 2 is 1.71 bits per heavy atom. The minimum Gasteiger partial charge on any atom is -0.325 e. The van der Waals surface area contributed by atoms with Crippen molar-refractivity contribution in [3.63, 3.8) is 0 Å². The summed E-state index contributed by atoms with van der Waals surface area (Å²) in [6.07, 6.45) is -4.48. The first-order valence-electron chi connectivity index (χ1n) is 6.24. The average Bonchev–Trinajstić information content (AvgIpc) is 2.28. The van der Waals surface area contributed by atoms with Gasteiger partial charge in [-0.25, -0.2) is 0 Å². The van der Waals surface area contributed by atoms with Gasteiger partial charge in [-0.1, -0.05) is 11.6 Å². The van der Waals surface area contributed by atoms with Crippen molar-refractivity contribution in [1.29, 1.82) is 0 Å². The number of nitrogens with one attached hydrogen (secondary N) is 1. The number of halogens is 4. The Morgan fingerprint density at radius 1 is 1.19 bits per heavy atom. The zero-order chi connectivity index (χ0) is 16.6. The highest BCUT2D eigenvalue weighted by Gasteiger charge is 2.40. The van der Waals surface area contributed by atoms with Gasteiger partial charge in [-0.2, -0.15) is 13.2 Å². The predicted octanol–water partition coefficient (Wildman–Crippen LogP) is 4.06. The van der Waals surface area contributed by atoms with Crippen LogP contribution in [-0.4, -0.2) is 11.4 Å². The van der Waals surface area contributed by atoms with Gasteiger partial charge in [-0.05, 0) is 45.9 Å². The highest BCUT2D eigenvalue weighted by atomic mass is 35.5. The van der Waals surface area contributed by atoms with Gasteiger partial charge in [0, 0.05) is 5.54 Å². The Balaban J connectivity index is 3.03. The number of amides is 1. The molecule has 1 aromatic rings. The fourth-order valence-electron chi connectivity index (χ4n) is 1.36. The highest BCUT2D eigenvalue weighted by molar-refractivity contribution is 6.33.